The SMILES string of the molecule is CCN(C)CCCNC(C)/N=C\N=C(/C)C(=O)NC. The van der Waals surface area contributed by atoms with Gasteiger partial charge in [0.2, 0.25) is 0 Å². The van der Waals surface area contributed by atoms with Crippen molar-refractivity contribution >= 4 is 18.0 Å². The molecule has 6 nitrogen and oxygen atoms in total. The summed E-state index contributed by atoms with van der Waals surface area (Å²) in [6, 6.07) is 0. The van der Waals surface area contributed by atoms with E-state index in [0.717, 1.165) is 26.1 Å². The van der Waals surface area contributed by atoms with E-state index >= 15 is 0 Å². The maximum Gasteiger partial charge on any atom is 0.265 e. The van der Waals surface area contributed by atoms with Crippen LogP contribution in [-0.4, -0.2) is 62.8 Å². The van der Waals surface area contributed by atoms with Crippen molar-refractivity contribution in [2.75, 3.05) is 33.7 Å². The zero-order chi connectivity index (χ0) is 14.7. The minimum atomic E-state index is -0.185. The van der Waals surface area contributed by atoms with Crippen molar-refractivity contribution in [1.29, 1.82) is 0 Å². The second kappa shape index (κ2) is 10.6. The van der Waals surface area contributed by atoms with Crippen LogP contribution < -0.4 is 10.6 Å². The van der Waals surface area contributed by atoms with Crippen LogP contribution in [0.1, 0.15) is 27.2 Å². The van der Waals surface area contributed by atoms with Crippen LogP contribution >= 0.6 is 0 Å². The van der Waals surface area contributed by atoms with Crippen molar-refractivity contribution in [2.24, 2.45) is 9.98 Å². The lowest BCUT2D eigenvalue weighted by Crippen LogP contribution is -2.29. The highest BCUT2D eigenvalue weighted by atomic mass is 16.1. The maximum absolute atomic E-state index is 11.2. The van der Waals surface area contributed by atoms with E-state index in [1.54, 1.807) is 14.0 Å². The summed E-state index contributed by atoms with van der Waals surface area (Å²) in [6.07, 6.45) is 2.53. The molecule has 0 saturated heterocycles. The summed E-state index contributed by atoms with van der Waals surface area (Å²) < 4.78 is 0. The lowest BCUT2D eigenvalue weighted by atomic mass is 10.4. The van der Waals surface area contributed by atoms with E-state index in [9.17, 15) is 4.79 Å². The van der Waals surface area contributed by atoms with Crippen LogP contribution in [-0.2, 0) is 4.79 Å². The second-order valence-corrected chi connectivity index (χ2v) is 4.44. The normalized spacial score (nSPS) is 14.1. The molecule has 0 spiro atoms. The Balaban J connectivity index is 3.85. The van der Waals surface area contributed by atoms with Crippen LogP contribution in [0.4, 0.5) is 0 Å². The van der Waals surface area contributed by atoms with Crippen molar-refractivity contribution in [3.63, 3.8) is 0 Å². The summed E-state index contributed by atoms with van der Waals surface area (Å²) in [5, 5.41) is 5.79. The molecule has 0 radical (unpaired) electrons. The van der Waals surface area contributed by atoms with Gasteiger partial charge in [0, 0.05) is 7.05 Å². The molecule has 0 aliphatic rings. The lowest BCUT2D eigenvalue weighted by molar-refractivity contribution is -0.114. The van der Waals surface area contributed by atoms with Crippen molar-refractivity contribution in [3.8, 4) is 0 Å². The topological polar surface area (TPSA) is 69.1 Å². The predicted octanol–water partition coefficient (Wildman–Crippen LogP) is 0.499. The van der Waals surface area contributed by atoms with E-state index in [1.807, 2.05) is 6.92 Å². The van der Waals surface area contributed by atoms with E-state index in [-0.39, 0.29) is 12.1 Å². The first-order valence-corrected chi connectivity index (χ1v) is 6.71. The fourth-order valence-corrected chi connectivity index (χ4v) is 1.33. The van der Waals surface area contributed by atoms with Gasteiger partial charge in [-0.2, -0.15) is 0 Å². The monoisotopic (exact) mass is 269 g/mol. The largest absolute Gasteiger partial charge is 0.354 e. The highest BCUT2D eigenvalue weighted by molar-refractivity contribution is 6.38. The zero-order valence-corrected chi connectivity index (χ0v) is 12.7. The molecule has 19 heavy (non-hydrogen) atoms. The molecule has 0 fully saturated rings. The maximum atomic E-state index is 11.2. The Hall–Kier alpha value is -1.27. The van der Waals surface area contributed by atoms with Crippen LogP contribution in [0.15, 0.2) is 9.98 Å². The first-order chi connectivity index (χ1) is 9.01. The summed E-state index contributed by atoms with van der Waals surface area (Å²) in [5.74, 6) is -0.185. The Labute approximate surface area is 116 Å². The number of carbonyl (C=O) groups excluding carboxylic acids is 1. The van der Waals surface area contributed by atoms with E-state index < -0.39 is 0 Å². The highest BCUT2D eigenvalue weighted by Crippen LogP contribution is 1.88. The number of hydrogen-bond donors (Lipinski definition) is 2. The first kappa shape index (κ1) is 17.7. The Kier molecular flexibility index (Phi) is 9.92. The van der Waals surface area contributed by atoms with Crippen molar-refractivity contribution in [1.82, 2.24) is 15.5 Å². The van der Waals surface area contributed by atoms with E-state index in [4.69, 9.17) is 0 Å². The molecule has 0 saturated carbocycles. The Morgan fingerprint density at radius 2 is 2.16 bits per heavy atom. The minimum Gasteiger partial charge on any atom is -0.354 e. The van der Waals surface area contributed by atoms with Gasteiger partial charge in [0.25, 0.3) is 5.91 Å². The molecule has 110 valence electrons. The summed E-state index contributed by atoms with van der Waals surface area (Å²) >= 11 is 0. The summed E-state index contributed by atoms with van der Waals surface area (Å²) in [6.45, 7) is 8.83. The zero-order valence-electron chi connectivity index (χ0n) is 12.7. The van der Waals surface area contributed by atoms with Gasteiger partial charge in [-0.25, -0.2) is 4.99 Å². The lowest BCUT2D eigenvalue weighted by Gasteiger charge is -2.14. The number of rotatable bonds is 9. The molecule has 0 aromatic carbocycles. The molecular formula is C13H27N5O. The molecule has 6 heteroatoms. The quantitative estimate of drug-likeness (QED) is 0.364. The highest BCUT2D eigenvalue weighted by Gasteiger charge is 2.00. The third-order valence-electron chi connectivity index (χ3n) is 2.79. The standard InChI is InChI=1S/C13H27N5O/c1-6-18(5)9-7-8-15-12(3)17-10-16-11(2)13(19)14-4/h10,12,15H,6-9H2,1-5H3,(H,14,19)/b16-11+,17-10-. The van der Waals surface area contributed by atoms with Gasteiger partial charge >= 0.3 is 0 Å². The number of aliphatic imine (C=N–C) groups is 2. The van der Waals surface area contributed by atoms with Gasteiger partial charge in [-0.3, -0.25) is 15.1 Å². The van der Waals surface area contributed by atoms with Gasteiger partial charge in [-0.05, 0) is 47.0 Å². The third kappa shape index (κ3) is 9.32. The second-order valence-electron chi connectivity index (χ2n) is 4.44. The predicted molar refractivity (Wildman–Crippen MR) is 80.9 cm³/mol. The fourth-order valence-electron chi connectivity index (χ4n) is 1.33. The molecular weight excluding hydrogens is 242 g/mol. The van der Waals surface area contributed by atoms with Gasteiger partial charge in [0.15, 0.2) is 0 Å². The van der Waals surface area contributed by atoms with Crippen LogP contribution in [0.3, 0.4) is 0 Å². The smallest absolute Gasteiger partial charge is 0.265 e. The van der Waals surface area contributed by atoms with E-state index in [1.165, 1.54) is 6.34 Å². The van der Waals surface area contributed by atoms with E-state index in [0.29, 0.717) is 5.71 Å². The number of nitrogens with one attached hydrogen (secondary N) is 2. The molecule has 1 unspecified atom stereocenters. The first-order valence-electron chi connectivity index (χ1n) is 6.71. The van der Waals surface area contributed by atoms with E-state index in [2.05, 4.69) is 39.5 Å². The van der Waals surface area contributed by atoms with Gasteiger partial charge < -0.3 is 10.2 Å². The Morgan fingerprint density at radius 1 is 1.47 bits per heavy atom. The molecule has 0 aliphatic carbocycles. The molecule has 0 aliphatic heterocycles. The molecule has 2 N–H and O–H groups in total. The molecule has 0 aromatic rings. The number of hydrogen-bond acceptors (Lipinski definition) is 4. The van der Waals surface area contributed by atoms with Gasteiger partial charge in [0.1, 0.15) is 12.1 Å². The molecule has 1 atom stereocenters. The Morgan fingerprint density at radius 3 is 2.74 bits per heavy atom. The van der Waals surface area contributed by atoms with Gasteiger partial charge in [0.05, 0.1) is 6.17 Å². The molecule has 0 heterocycles. The van der Waals surface area contributed by atoms with Crippen LogP contribution in [0.2, 0.25) is 0 Å². The average molecular weight is 269 g/mol. The van der Waals surface area contributed by atoms with Crippen molar-refractivity contribution in [2.45, 2.75) is 33.4 Å². The molecule has 0 bridgehead atoms. The molecule has 0 aromatic heterocycles. The fraction of sp³-hybridized carbons (Fsp3) is 0.769. The van der Waals surface area contributed by atoms with Crippen LogP contribution in [0.5, 0.6) is 0 Å². The number of carbonyl (C=O) groups is 1. The number of nitrogens with zero attached hydrogens (tertiary/aromatic N) is 3. The van der Waals surface area contributed by atoms with Crippen LogP contribution in [0, 0.1) is 0 Å². The van der Waals surface area contributed by atoms with Crippen molar-refractivity contribution < 1.29 is 4.79 Å². The molecule has 0 rings (SSSR count). The minimum absolute atomic E-state index is 0.00757. The number of amides is 1. The molecule has 1 amide bonds. The summed E-state index contributed by atoms with van der Waals surface area (Å²) in [5.41, 5.74) is 0.406. The summed E-state index contributed by atoms with van der Waals surface area (Å²) in [4.78, 5) is 21.6. The Bertz CT molecular complexity index is 314. The van der Waals surface area contributed by atoms with Gasteiger partial charge in [-0.15, -0.1) is 0 Å². The van der Waals surface area contributed by atoms with Crippen molar-refractivity contribution in [3.05, 3.63) is 0 Å². The van der Waals surface area contributed by atoms with Gasteiger partial charge in [-0.1, -0.05) is 6.92 Å². The summed E-state index contributed by atoms with van der Waals surface area (Å²) in [7, 11) is 3.69. The third-order valence-corrected chi connectivity index (χ3v) is 2.79. The van der Waals surface area contributed by atoms with Crippen LogP contribution in [0.25, 0.3) is 0 Å². The average Bonchev–Trinajstić information content (AvgIpc) is 2.42.